The number of amides is 1. The van der Waals surface area contributed by atoms with Gasteiger partial charge in [-0.3, -0.25) is 10.1 Å². The highest BCUT2D eigenvalue weighted by Crippen LogP contribution is 2.24. The minimum absolute atomic E-state index is 0. The molecule has 1 amide bonds. The Hall–Kier alpha value is -0.970. The number of methoxy groups -OCH3 is 1. The van der Waals surface area contributed by atoms with Crippen LogP contribution >= 0.6 is 23.7 Å². The molecule has 0 aliphatic carbocycles. The lowest BCUT2D eigenvalue weighted by molar-refractivity contribution is -0.127. The van der Waals surface area contributed by atoms with E-state index < -0.39 is 24.5 Å². The Labute approximate surface area is 116 Å². The van der Waals surface area contributed by atoms with Crippen molar-refractivity contribution >= 4 is 34.8 Å². The zero-order valence-electron chi connectivity index (χ0n) is 9.73. The second kappa shape index (κ2) is 7.58. The first kappa shape index (κ1) is 18.0. The van der Waals surface area contributed by atoms with Gasteiger partial charge >= 0.3 is 6.18 Å². The van der Waals surface area contributed by atoms with E-state index >= 15 is 0 Å². The molecule has 0 spiro atoms. The van der Waals surface area contributed by atoms with Gasteiger partial charge in [0.05, 0.1) is 13.0 Å². The monoisotopic (exact) mass is 320 g/mol. The Kier molecular flexibility index (Phi) is 7.19. The van der Waals surface area contributed by atoms with Gasteiger partial charge in [-0.05, 0) is 0 Å². The average Bonchev–Trinajstić information content (AvgIpc) is 2.63. The number of rotatable bonds is 5. The van der Waals surface area contributed by atoms with Crippen molar-refractivity contribution in [2.45, 2.75) is 18.6 Å². The summed E-state index contributed by atoms with van der Waals surface area (Å²) < 4.78 is 40.8. The highest BCUT2D eigenvalue weighted by molar-refractivity contribution is 7.15. The molecule has 19 heavy (non-hydrogen) atoms. The molecule has 1 aromatic rings. The summed E-state index contributed by atoms with van der Waals surface area (Å²) in [7, 11) is 1.37. The Morgan fingerprint density at radius 3 is 2.68 bits per heavy atom. The number of hydrogen-bond acceptors (Lipinski definition) is 6. The number of aromatic nitrogens is 2. The maximum Gasteiger partial charge on any atom is 0.395 e. The first-order valence-corrected chi connectivity index (χ1v) is 5.58. The van der Waals surface area contributed by atoms with Crippen molar-refractivity contribution in [3.63, 3.8) is 0 Å². The molecular formula is C8H12ClF3N4O2S. The Balaban J connectivity index is 0.00000324. The lowest BCUT2D eigenvalue weighted by atomic mass is 10.3. The third-order valence-corrected chi connectivity index (χ3v) is 2.57. The van der Waals surface area contributed by atoms with Crippen LogP contribution in [0.2, 0.25) is 0 Å². The summed E-state index contributed by atoms with van der Waals surface area (Å²) in [4.78, 5) is 11.4. The number of ether oxygens (including phenoxy) is 1. The molecule has 1 atom stereocenters. The summed E-state index contributed by atoms with van der Waals surface area (Å²) in [5.74, 6) is -0.591. The maximum atomic E-state index is 12.1. The van der Waals surface area contributed by atoms with Crippen molar-refractivity contribution in [3.8, 4) is 0 Å². The first-order chi connectivity index (χ1) is 8.31. The van der Waals surface area contributed by atoms with Gasteiger partial charge < -0.3 is 10.5 Å². The summed E-state index contributed by atoms with van der Waals surface area (Å²) in [6.07, 6.45) is -5.53. The van der Waals surface area contributed by atoms with Crippen molar-refractivity contribution in [1.82, 2.24) is 10.2 Å². The van der Waals surface area contributed by atoms with Gasteiger partial charge in [0.25, 0.3) is 0 Å². The van der Waals surface area contributed by atoms with E-state index in [1.54, 1.807) is 0 Å². The molecule has 0 aromatic carbocycles. The molecule has 0 fully saturated rings. The van der Waals surface area contributed by atoms with E-state index in [-0.39, 0.29) is 29.2 Å². The van der Waals surface area contributed by atoms with Crippen LogP contribution in [0, 0.1) is 0 Å². The van der Waals surface area contributed by atoms with Crippen LogP contribution in [-0.4, -0.2) is 42.0 Å². The Bertz CT molecular complexity index is 415. The van der Waals surface area contributed by atoms with Crippen molar-refractivity contribution in [2.75, 3.05) is 19.0 Å². The summed E-state index contributed by atoms with van der Waals surface area (Å²) >= 11 is 0.653. The van der Waals surface area contributed by atoms with Crippen LogP contribution in [0.1, 0.15) is 5.01 Å². The number of nitrogens with zero attached hydrogens (tertiary/aromatic N) is 2. The standard InChI is InChI=1S/C8H11F3N4O2S.ClH/c1-17-3-4(12)6(16)13-7-15-14-5(18-7)2-8(9,10)11;/h4H,2-3,12H2,1H3,(H,13,15,16);1H. The molecule has 0 aliphatic rings. The van der Waals surface area contributed by atoms with E-state index in [4.69, 9.17) is 5.73 Å². The second-order valence-corrected chi connectivity index (χ2v) is 4.41. The molecule has 6 nitrogen and oxygen atoms in total. The smallest absolute Gasteiger partial charge is 0.383 e. The lowest BCUT2D eigenvalue weighted by Crippen LogP contribution is -2.39. The third kappa shape index (κ3) is 6.66. The number of hydrogen-bond donors (Lipinski definition) is 2. The molecule has 3 N–H and O–H groups in total. The molecule has 1 unspecified atom stereocenters. The fraction of sp³-hybridized carbons (Fsp3) is 0.625. The van der Waals surface area contributed by atoms with Gasteiger partial charge in [0.1, 0.15) is 11.0 Å². The number of anilines is 1. The maximum absolute atomic E-state index is 12.1. The van der Waals surface area contributed by atoms with Crippen molar-refractivity contribution < 1.29 is 22.7 Å². The molecule has 0 saturated carbocycles. The topological polar surface area (TPSA) is 90.1 Å². The molecule has 0 aliphatic heterocycles. The summed E-state index contributed by atoms with van der Waals surface area (Å²) in [5, 5.41) is 8.76. The Morgan fingerprint density at radius 1 is 1.53 bits per heavy atom. The van der Waals surface area contributed by atoms with E-state index in [1.807, 2.05) is 0 Å². The SMILES string of the molecule is COCC(N)C(=O)Nc1nnc(CC(F)(F)F)s1.Cl. The van der Waals surface area contributed by atoms with Crippen LogP contribution in [0.5, 0.6) is 0 Å². The van der Waals surface area contributed by atoms with Gasteiger partial charge in [0, 0.05) is 7.11 Å². The average molecular weight is 321 g/mol. The van der Waals surface area contributed by atoms with Crippen LogP contribution in [0.4, 0.5) is 18.3 Å². The summed E-state index contributed by atoms with van der Waals surface area (Å²) in [6, 6.07) is -0.912. The van der Waals surface area contributed by atoms with E-state index in [9.17, 15) is 18.0 Å². The van der Waals surface area contributed by atoms with Crippen LogP contribution in [0.25, 0.3) is 0 Å². The van der Waals surface area contributed by atoms with E-state index in [0.29, 0.717) is 11.3 Å². The fourth-order valence-electron chi connectivity index (χ4n) is 1.00. The lowest BCUT2D eigenvalue weighted by Gasteiger charge is -2.08. The number of halogens is 4. The summed E-state index contributed by atoms with van der Waals surface area (Å²) in [6.45, 7) is 0.0000450. The van der Waals surface area contributed by atoms with Gasteiger partial charge in [-0.15, -0.1) is 22.6 Å². The molecule has 0 bridgehead atoms. The fourth-order valence-corrected chi connectivity index (χ4v) is 1.77. The van der Waals surface area contributed by atoms with Crippen molar-refractivity contribution in [2.24, 2.45) is 5.73 Å². The molecular weight excluding hydrogens is 309 g/mol. The largest absolute Gasteiger partial charge is 0.395 e. The quantitative estimate of drug-likeness (QED) is 0.844. The van der Waals surface area contributed by atoms with Crippen LogP contribution in [0.3, 0.4) is 0 Å². The van der Waals surface area contributed by atoms with Gasteiger partial charge in [-0.25, -0.2) is 0 Å². The molecule has 1 heterocycles. The van der Waals surface area contributed by atoms with Crippen LogP contribution in [-0.2, 0) is 16.0 Å². The van der Waals surface area contributed by atoms with Gasteiger partial charge in [0.2, 0.25) is 11.0 Å². The highest BCUT2D eigenvalue weighted by atomic mass is 35.5. The van der Waals surface area contributed by atoms with Crippen LogP contribution < -0.4 is 11.1 Å². The summed E-state index contributed by atoms with van der Waals surface area (Å²) in [5.41, 5.74) is 5.42. The minimum Gasteiger partial charge on any atom is -0.383 e. The predicted molar refractivity (Wildman–Crippen MR) is 65.4 cm³/mol. The number of nitrogens with one attached hydrogen (secondary N) is 1. The second-order valence-electron chi connectivity index (χ2n) is 3.34. The van der Waals surface area contributed by atoms with Crippen molar-refractivity contribution in [3.05, 3.63) is 5.01 Å². The molecule has 1 aromatic heterocycles. The van der Waals surface area contributed by atoms with Gasteiger partial charge in [-0.2, -0.15) is 13.2 Å². The predicted octanol–water partition coefficient (Wildman–Crippen LogP) is 0.977. The van der Waals surface area contributed by atoms with Crippen LogP contribution in [0.15, 0.2) is 0 Å². The molecule has 11 heteroatoms. The Morgan fingerprint density at radius 2 is 2.16 bits per heavy atom. The molecule has 1 rings (SSSR count). The van der Waals surface area contributed by atoms with Crippen molar-refractivity contribution in [1.29, 1.82) is 0 Å². The minimum atomic E-state index is -4.35. The number of carbonyl (C=O) groups is 1. The third-order valence-electron chi connectivity index (χ3n) is 1.73. The molecule has 0 radical (unpaired) electrons. The highest BCUT2D eigenvalue weighted by Gasteiger charge is 2.30. The van der Waals surface area contributed by atoms with E-state index in [2.05, 4.69) is 20.3 Å². The number of carbonyl (C=O) groups excluding carboxylic acids is 1. The molecule has 0 saturated heterocycles. The zero-order valence-corrected chi connectivity index (χ0v) is 11.4. The zero-order chi connectivity index (χ0) is 13.8. The normalized spacial score (nSPS) is 12.7. The van der Waals surface area contributed by atoms with Gasteiger partial charge in [-0.1, -0.05) is 11.3 Å². The molecule has 110 valence electrons. The number of nitrogens with two attached hydrogens (primary N) is 1. The first-order valence-electron chi connectivity index (χ1n) is 4.76. The van der Waals surface area contributed by atoms with Gasteiger partial charge in [0.15, 0.2) is 0 Å². The van der Waals surface area contributed by atoms with E-state index in [1.165, 1.54) is 7.11 Å². The number of alkyl halides is 3. The van der Waals surface area contributed by atoms with E-state index in [0.717, 1.165) is 0 Å².